The molecule has 6 heteroatoms. The molecule has 1 aliphatic carbocycles. The molecular weight excluding hydrogens is 390 g/mol. The van der Waals surface area contributed by atoms with E-state index in [0.717, 1.165) is 36.0 Å². The topological polar surface area (TPSA) is 96.5 Å². The van der Waals surface area contributed by atoms with Crippen molar-refractivity contribution in [1.82, 2.24) is 4.90 Å². The van der Waals surface area contributed by atoms with E-state index in [2.05, 4.69) is 0 Å². The number of nitrogens with two attached hydrogens (primary N) is 1. The number of esters is 1. The van der Waals surface area contributed by atoms with Crippen molar-refractivity contribution in [3.05, 3.63) is 53.6 Å². The summed E-state index contributed by atoms with van der Waals surface area (Å²) in [4.78, 5) is 27.1. The number of nitrogens with zero attached hydrogens (tertiary/aromatic N) is 1. The van der Waals surface area contributed by atoms with Gasteiger partial charge in [-0.05, 0) is 35.5 Å². The van der Waals surface area contributed by atoms with Crippen LogP contribution in [0.4, 0.5) is 0 Å². The summed E-state index contributed by atoms with van der Waals surface area (Å²) in [7, 11) is 1.36. The molecule has 0 heterocycles. The number of carbonyl (C=O) groups excluding carboxylic acids is 2. The highest BCUT2D eigenvalue weighted by molar-refractivity contribution is 5.93. The number of hydrogen-bond donors (Lipinski definition) is 2. The lowest BCUT2D eigenvalue weighted by Crippen LogP contribution is -2.48. The van der Waals surface area contributed by atoms with Gasteiger partial charge in [-0.3, -0.25) is 10.2 Å². The molecule has 2 rings (SSSR count). The lowest BCUT2D eigenvalue weighted by atomic mass is 9.85. The highest BCUT2D eigenvalue weighted by atomic mass is 16.5. The van der Waals surface area contributed by atoms with Crippen LogP contribution in [-0.2, 0) is 20.9 Å². The van der Waals surface area contributed by atoms with Crippen molar-refractivity contribution >= 4 is 23.3 Å². The van der Waals surface area contributed by atoms with Crippen LogP contribution in [0.1, 0.15) is 57.6 Å². The third-order valence-corrected chi connectivity index (χ3v) is 5.65. The fourth-order valence-corrected chi connectivity index (χ4v) is 3.91. The molecule has 0 aliphatic heterocycles. The highest BCUT2D eigenvalue weighted by Crippen LogP contribution is 2.30. The quantitative estimate of drug-likeness (QED) is 0.332. The van der Waals surface area contributed by atoms with E-state index >= 15 is 0 Å². The molecule has 0 spiro atoms. The average molecular weight is 426 g/mol. The molecule has 2 atom stereocenters. The minimum absolute atomic E-state index is 0.0354. The summed E-state index contributed by atoms with van der Waals surface area (Å²) in [6.45, 7) is 6.24. The smallest absolute Gasteiger partial charge is 0.328 e. The number of benzene rings is 1. The maximum atomic E-state index is 13.0. The van der Waals surface area contributed by atoms with Gasteiger partial charge in [-0.15, -0.1) is 0 Å². The molecule has 0 bridgehead atoms. The number of hydrogen-bond acceptors (Lipinski definition) is 4. The summed E-state index contributed by atoms with van der Waals surface area (Å²) in [5.41, 5.74) is 8.75. The zero-order valence-corrected chi connectivity index (χ0v) is 19.1. The zero-order chi connectivity index (χ0) is 23.0. The van der Waals surface area contributed by atoms with Gasteiger partial charge in [0.05, 0.1) is 12.9 Å². The van der Waals surface area contributed by atoms with Crippen LogP contribution < -0.4 is 5.73 Å². The van der Waals surface area contributed by atoms with Crippen molar-refractivity contribution in [1.29, 1.82) is 5.41 Å². The first-order chi connectivity index (χ1) is 14.8. The van der Waals surface area contributed by atoms with Crippen LogP contribution in [0.15, 0.2) is 42.5 Å². The Hall–Kier alpha value is -2.89. The number of allylic oxidation sites excluding steroid dienone is 3. The monoisotopic (exact) mass is 425 g/mol. The predicted octanol–water partition coefficient (Wildman–Crippen LogP) is 4.30. The van der Waals surface area contributed by atoms with E-state index in [4.69, 9.17) is 15.9 Å². The standard InChI is InChI=1S/C25H35N3O3/c1-5-6-11-22(29)28(23(17(2)3)25(30)31-4)16-18-12-14-19(15-13-18)20-9-7-8-10-21(20)24(26)27/h7-9,12-15,17,21,23H,5-6,10-11,16H2,1-4H3,(H3,26,27). The molecule has 168 valence electrons. The molecule has 31 heavy (non-hydrogen) atoms. The van der Waals surface area contributed by atoms with Gasteiger partial charge in [0.15, 0.2) is 0 Å². The number of rotatable bonds is 10. The maximum absolute atomic E-state index is 13.0. The normalized spacial score (nSPS) is 16.5. The SMILES string of the molecule is CCCCC(=O)N(Cc1ccc(C2=CC=CCC2C(=N)N)cc1)C(C(=O)OC)C(C)C. The van der Waals surface area contributed by atoms with Gasteiger partial charge in [0.25, 0.3) is 0 Å². The van der Waals surface area contributed by atoms with Gasteiger partial charge >= 0.3 is 5.97 Å². The molecule has 1 aliphatic rings. The van der Waals surface area contributed by atoms with E-state index < -0.39 is 6.04 Å². The fourth-order valence-electron chi connectivity index (χ4n) is 3.91. The lowest BCUT2D eigenvalue weighted by molar-refractivity contribution is -0.155. The summed E-state index contributed by atoms with van der Waals surface area (Å²) < 4.78 is 5.00. The third kappa shape index (κ3) is 6.29. The lowest BCUT2D eigenvalue weighted by Gasteiger charge is -2.33. The molecule has 1 aromatic rings. The molecule has 6 nitrogen and oxygen atoms in total. The van der Waals surface area contributed by atoms with Gasteiger partial charge in [0.2, 0.25) is 5.91 Å². The third-order valence-electron chi connectivity index (χ3n) is 5.65. The summed E-state index contributed by atoms with van der Waals surface area (Å²) in [6.07, 6.45) is 8.83. The van der Waals surface area contributed by atoms with E-state index in [0.29, 0.717) is 13.0 Å². The molecule has 1 amide bonds. The summed E-state index contributed by atoms with van der Waals surface area (Å²) in [6, 6.07) is 7.31. The Kier molecular flexibility index (Phi) is 9.03. The van der Waals surface area contributed by atoms with E-state index in [-0.39, 0.29) is 29.5 Å². The van der Waals surface area contributed by atoms with Gasteiger partial charge in [-0.25, -0.2) is 4.79 Å². The Morgan fingerprint density at radius 3 is 2.48 bits per heavy atom. The van der Waals surface area contributed by atoms with Crippen LogP contribution in [0.5, 0.6) is 0 Å². The Labute approximate surface area is 185 Å². The van der Waals surface area contributed by atoms with Crippen molar-refractivity contribution in [2.45, 2.75) is 59.0 Å². The summed E-state index contributed by atoms with van der Waals surface area (Å²) in [5, 5.41) is 7.87. The number of unbranched alkanes of at least 4 members (excludes halogenated alkanes) is 1. The average Bonchev–Trinajstić information content (AvgIpc) is 2.77. The van der Waals surface area contributed by atoms with Gasteiger partial charge in [-0.2, -0.15) is 0 Å². The largest absolute Gasteiger partial charge is 0.467 e. The molecular formula is C25H35N3O3. The fraction of sp³-hybridized carbons (Fsp3) is 0.480. The Bertz CT molecular complexity index is 840. The van der Waals surface area contributed by atoms with Gasteiger partial charge in [-0.1, -0.05) is 69.7 Å². The predicted molar refractivity (Wildman–Crippen MR) is 124 cm³/mol. The van der Waals surface area contributed by atoms with Crippen LogP contribution in [-0.4, -0.2) is 35.8 Å². The second-order valence-corrected chi connectivity index (χ2v) is 8.33. The number of methoxy groups -OCH3 is 1. The van der Waals surface area contributed by atoms with Crippen LogP contribution in [0.25, 0.3) is 5.57 Å². The number of amides is 1. The first-order valence-electron chi connectivity index (χ1n) is 11.0. The molecule has 0 saturated heterocycles. The van der Waals surface area contributed by atoms with E-state index in [1.165, 1.54) is 7.11 Å². The number of ether oxygens (including phenoxy) is 1. The number of carbonyl (C=O) groups is 2. The Morgan fingerprint density at radius 2 is 1.94 bits per heavy atom. The number of amidine groups is 1. The zero-order valence-electron chi connectivity index (χ0n) is 19.1. The molecule has 0 fully saturated rings. The van der Waals surface area contributed by atoms with Crippen molar-refractivity contribution in [2.75, 3.05) is 7.11 Å². The van der Waals surface area contributed by atoms with Crippen LogP contribution in [0.3, 0.4) is 0 Å². The first kappa shape index (κ1) is 24.4. The second kappa shape index (κ2) is 11.5. The van der Waals surface area contributed by atoms with Crippen LogP contribution in [0, 0.1) is 17.2 Å². The summed E-state index contributed by atoms with van der Waals surface area (Å²) in [5.74, 6) is -0.447. The minimum atomic E-state index is -0.623. The number of nitrogens with one attached hydrogen (secondary N) is 1. The molecule has 0 radical (unpaired) electrons. The van der Waals surface area contributed by atoms with Crippen molar-refractivity contribution < 1.29 is 14.3 Å². The van der Waals surface area contributed by atoms with Crippen molar-refractivity contribution in [2.24, 2.45) is 17.6 Å². The molecule has 3 N–H and O–H groups in total. The minimum Gasteiger partial charge on any atom is -0.467 e. The van der Waals surface area contributed by atoms with Crippen LogP contribution in [0.2, 0.25) is 0 Å². The second-order valence-electron chi connectivity index (χ2n) is 8.33. The highest BCUT2D eigenvalue weighted by Gasteiger charge is 2.33. The van der Waals surface area contributed by atoms with E-state index in [1.54, 1.807) is 4.90 Å². The van der Waals surface area contributed by atoms with E-state index in [1.807, 2.05) is 63.3 Å². The molecule has 1 aromatic carbocycles. The van der Waals surface area contributed by atoms with Crippen LogP contribution >= 0.6 is 0 Å². The molecule has 0 aromatic heterocycles. The van der Waals surface area contributed by atoms with Crippen molar-refractivity contribution in [3.8, 4) is 0 Å². The van der Waals surface area contributed by atoms with Gasteiger partial charge in [0, 0.05) is 18.9 Å². The maximum Gasteiger partial charge on any atom is 0.328 e. The first-order valence-corrected chi connectivity index (χ1v) is 11.0. The molecule has 0 saturated carbocycles. The van der Waals surface area contributed by atoms with Gasteiger partial charge in [0.1, 0.15) is 6.04 Å². The summed E-state index contributed by atoms with van der Waals surface area (Å²) >= 11 is 0. The Balaban J connectivity index is 2.28. The Morgan fingerprint density at radius 1 is 1.26 bits per heavy atom. The molecule has 2 unspecified atom stereocenters. The van der Waals surface area contributed by atoms with E-state index in [9.17, 15) is 9.59 Å². The van der Waals surface area contributed by atoms with Crippen molar-refractivity contribution in [3.63, 3.8) is 0 Å². The van der Waals surface area contributed by atoms with Gasteiger partial charge < -0.3 is 15.4 Å².